The topological polar surface area (TPSA) is 15.3 Å². The molecule has 3 aliphatic rings. The van der Waals surface area contributed by atoms with E-state index in [1.54, 1.807) is 0 Å². The van der Waals surface area contributed by atoms with Gasteiger partial charge >= 0.3 is 0 Å². The zero-order chi connectivity index (χ0) is 12.9. The average Bonchev–Trinajstić information content (AvgIpc) is 2.69. The van der Waals surface area contributed by atoms with E-state index in [4.69, 9.17) is 0 Å². The standard InChI is InChI=1S/C17H31N2/c1-2-4-8-15(7-3-1)16-9-5-10-17(12-11-16)19-14-6-13-18-19/h7,15-18H,1-6,8-14H2. The number of hydrazine groups is 1. The van der Waals surface area contributed by atoms with Gasteiger partial charge in [-0.3, -0.25) is 5.43 Å². The van der Waals surface area contributed by atoms with Gasteiger partial charge < -0.3 is 0 Å². The molecule has 109 valence electrons. The van der Waals surface area contributed by atoms with Gasteiger partial charge in [0.15, 0.2) is 0 Å². The first-order chi connectivity index (χ1) is 9.43. The summed E-state index contributed by atoms with van der Waals surface area (Å²) in [5.74, 6) is 1.96. The molecular weight excluding hydrogens is 232 g/mol. The molecule has 3 unspecified atom stereocenters. The van der Waals surface area contributed by atoms with Gasteiger partial charge in [0.2, 0.25) is 0 Å². The Morgan fingerprint density at radius 2 is 1.84 bits per heavy atom. The fraction of sp³-hybridized carbons (Fsp3) is 0.941. The highest BCUT2D eigenvalue weighted by Crippen LogP contribution is 2.37. The molecule has 2 heteroatoms. The van der Waals surface area contributed by atoms with Gasteiger partial charge in [-0.05, 0) is 56.8 Å². The maximum absolute atomic E-state index is 3.58. The molecular formula is C17H31N2. The molecule has 2 nitrogen and oxygen atoms in total. The van der Waals surface area contributed by atoms with E-state index in [-0.39, 0.29) is 0 Å². The fourth-order valence-corrected chi connectivity index (χ4v) is 4.49. The quantitative estimate of drug-likeness (QED) is 0.759. The normalized spacial score (nSPS) is 36.0. The maximum Gasteiger partial charge on any atom is 0.0243 e. The molecule has 0 spiro atoms. The van der Waals surface area contributed by atoms with Crippen LogP contribution in [0.3, 0.4) is 0 Å². The van der Waals surface area contributed by atoms with Gasteiger partial charge in [0.25, 0.3) is 0 Å². The average molecular weight is 263 g/mol. The van der Waals surface area contributed by atoms with Crippen molar-refractivity contribution in [3.05, 3.63) is 6.42 Å². The molecule has 3 fully saturated rings. The van der Waals surface area contributed by atoms with Crippen molar-refractivity contribution in [2.24, 2.45) is 11.8 Å². The molecule has 2 saturated carbocycles. The van der Waals surface area contributed by atoms with Crippen LogP contribution in [-0.2, 0) is 0 Å². The Bertz CT molecular complexity index is 252. The van der Waals surface area contributed by atoms with Crippen LogP contribution in [0.4, 0.5) is 0 Å². The van der Waals surface area contributed by atoms with E-state index < -0.39 is 0 Å². The van der Waals surface area contributed by atoms with Gasteiger partial charge in [0.1, 0.15) is 0 Å². The zero-order valence-electron chi connectivity index (χ0n) is 12.4. The highest BCUT2D eigenvalue weighted by molar-refractivity contribution is 4.88. The summed E-state index contributed by atoms with van der Waals surface area (Å²) in [6.45, 7) is 2.49. The summed E-state index contributed by atoms with van der Waals surface area (Å²) in [5, 5.41) is 2.55. The summed E-state index contributed by atoms with van der Waals surface area (Å²) < 4.78 is 0. The Labute approximate surface area is 119 Å². The maximum atomic E-state index is 3.58. The fourth-order valence-electron chi connectivity index (χ4n) is 4.49. The highest BCUT2D eigenvalue weighted by Gasteiger charge is 2.29. The second kappa shape index (κ2) is 7.08. The Morgan fingerprint density at radius 1 is 0.842 bits per heavy atom. The molecule has 3 rings (SSSR count). The van der Waals surface area contributed by atoms with Gasteiger partial charge in [-0.2, -0.15) is 0 Å². The van der Waals surface area contributed by atoms with Crippen LogP contribution in [0.2, 0.25) is 0 Å². The molecule has 0 aromatic rings. The first-order valence-corrected chi connectivity index (χ1v) is 8.77. The Hall–Kier alpha value is -0.0800. The lowest BCUT2D eigenvalue weighted by Gasteiger charge is -2.27. The van der Waals surface area contributed by atoms with Crippen molar-refractivity contribution in [3.63, 3.8) is 0 Å². The van der Waals surface area contributed by atoms with E-state index in [1.165, 1.54) is 83.7 Å². The van der Waals surface area contributed by atoms with E-state index in [1.807, 2.05) is 0 Å². The van der Waals surface area contributed by atoms with Crippen LogP contribution in [0.1, 0.15) is 70.6 Å². The lowest BCUT2D eigenvalue weighted by Crippen LogP contribution is -2.40. The first-order valence-electron chi connectivity index (χ1n) is 8.77. The molecule has 1 radical (unpaired) electrons. The Balaban J connectivity index is 1.51. The predicted octanol–water partition coefficient (Wildman–Crippen LogP) is 3.93. The molecule has 3 atom stereocenters. The number of nitrogens with one attached hydrogen (secondary N) is 1. The predicted molar refractivity (Wildman–Crippen MR) is 80.6 cm³/mol. The summed E-state index contributed by atoms with van der Waals surface area (Å²) in [6, 6.07) is 0.832. The van der Waals surface area contributed by atoms with E-state index >= 15 is 0 Å². The molecule has 0 aromatic heterocycles. The second-order valence-corrected chi connectivity index (χ2v) is 6.91. The summed E-state index contributed by atoms with van der Waals surface area (Å²) in [4.78, 5) is 0. The van der Waals surface area contributed by atoms with Crippen molar-refractivity contribution in [1.82, 2.24) is 10.4 Å². The van der Waals surface area contributed by atoms with Crippen LogP contribution in [0.25, 0.3) is 0 Å². The van der Waals surface area contributed by atoms with E-state index in [9.17, 15) is 0 Å². The first kappa shape index (κ1) is 13.9. The minimum atomic E-state index is 0.832. The van der Waals surface area contributed by atoms with E-state index in [0.717, 1.165) is 17.9 Å². The largest absolute Gasteiger partial charge is 0.255 e. The van der Waals surface area contributed by atoms with Crippen molar-refractivity contribution in [2.75, 3.05) is 13.1 Å². The molecule has 1 aliphatic heterocycles. The Kier molecular flexibility index (Phi) is 5.17. The number of rotatable bonds is 2. The van der Waals surface area contributed by atoms with Crippen LogP contribution >= 0.6 is 0 Å². The highest BCUT2D eigenvalue weighted by atomic mass is 15.5. The van der Waals surface area contributed by atoms with Crippen LogP contribution in [-0.4, -0.2) is 24.1 Å². The van der Waals surface area contributed by atoms with Crippen LogP contribution < -0.4 is 5.43 Å². The van der Waals surface area contributed by atoms with Gasteiger partial charge in [0, 0.05) is 19.1 Å². The van der Waals surface area contributed by atoms with E-state index in [0.29, 0.717) is 0 Å². The van der Waals surface area contributed by atoms with Crippen molar-refractivity contribution in [2.45, 2.75) is 76.7 Å². The third-order valence-corrected chi connectivity index (χ3v) is 5.63. The zero-order valence-corrected chi connectivity index (χ0v) is 12.4. The lowest BCUT2D eigenvalue weighted by atomic mass is 9.81. The SMILES string of the molecule is [CH]1CCCCCC1C1CCCC(N2CCCN2)CC1. The van der Waals surface area contributed by atoms with Gasteiger partial charge in [-0.25, -0.2) is 5.01 Å². The minimum absolute atomic E-state index is 0.832. The number of hydrogen-bond acceptors (Lipinski definition) is 2. The smallest absolute Gasteiger partial charge is 0.0243 e. The minimum Gasteiger partial charge on any atom is -0.255 e. The molecule has 2 aliphatic carbocycles. The molecule has 1 N–H and O–H groups in total. The van der Waals surface area contributed by atoms with Crippen LogP contribution in [0, 0.1) is 18.3 Å². The summed E-state index contributed by atoms with van der Waals surface area (Å²) in [6.07, 6.45) is 18.6. The van der Waals surface area contributed by atoms with Crippen LogP contribution in [0.15, 0.2) is 0 Å². The van der Waals surface area contributed by atoms with Crippen molar-refractivity contribution in [1.29, 1.82) is 0 Å². The number of nitrogens with zero attached hydrogens (tertiary/aromatic N) is 1. The van der Waals surface area contributed by atoms with Crippen molar-refractivity contribution >= 4 is 0 Å². The molecule has 0 aromatic carbocycles. The molecule has 19 heavy (non-hydrogen) atoms. The second-order valence-electron chi connectivity index (χ2n) is 6.91. The molecule has 1 heterocycles. The van der Waals surface area contributed by atoms with Gasteiger partial charge in [-0.1, -0.05) is 32.1 Å². The lowest BCUT2D eigenvalue weighted by molar-refractivity contribution is 0.156. The Morgan fingerprint density at radius 3 is 2.74 bits per heavy atom. The number of hydrogen-bond donors (Lipinski definition) is 1. The third-order valence-electron chi connectivity index (χ3n) is 5.63. The van der Waals surface area contributed by atoms with Gasteiger partial charge in [-0.15, -0.1) is 0 Å². The monoisotopic (exact) mass is 263 g/mol. The molecule has 0 amide bonds. The van der Waals surface area contributed by atoms with Gasteiger partial charge in [0.05, 0.1) is 0 Å². The molecule has 1 saturated heterocycles. The summed E-state index contributed by atoms with van der Waals surface area (Å²) in [5.41, 5.74) is 3.58. The third kappa shape index (κ3) is 3.72. The van der Waals surface area contributed by atoms with E-state index in [2.05, 4.69) is 16.9 Å². The van der Waals surface area contributed by atoms with Crippen LogP contribution in [0.5, 0.6) is 0 Å². The summed E-state index contributed by atoms with van der Waals surface area (Å²) >= 11 is 0. The molecule has 0 bridgehead atoms. The van der Waals surface area contributed by atoms with Crippen molar-refractivity contribution in [3.8, 4) is 0 Å². The summed E-state index contributed by atoms with van der Waals surface area (Å²) in [7, 11) is 0. The van der Waals surface area contributed by atoms with Crippen molar-refractivity contribution < 1.29 is 0 Å².